The van der Waals surface area contributed by atoms with Gasteiger partial charge in [0.25, 0.3) is 0 Å². The van der Waals surface area contributed by atoms with Crippen LogP contribution in [0.3, 0.4) is 0 Å². The summed E-state index contributed by atoms with van der Waals surface area (Å²) < 4.78 is 0. The summed E-state index contributed by atoms with van der Waals surface area (Å²) in [7, 11) is 0. The number of hydrogen-bond acceptors (Lipinski definition) is 5. The van der Waals surface area contributed by atoms with Gasteiger partial charge in [0.2, 0.25) is 0 Å². The van der Waals surface area contributed by atoms with Gasteiger partial charge in [-0.2, -0.15) is 0 Å². The van der Waals surface area contributed by atoms with Crippen LogP contribution in [0.15, 0.2) is 5.16 Å². The van der Waals surface area contributed by atoms with Crippen molar-refractivity contribution in [2.75, 3.05) is 13.1 Å². The van der Waals surface area contributed by atoms with Gasteiger partial charge in [-0.05, 0) is 68.2 Å². The average molecular weight is 423 g/mol. The summed E-state index contributed by atoms with van der Waals surface area (Å²) in [6, 6.07) is 0. The van der Waals surface area contributed by atoms with Gasteiger partial charge in [-0.3, -0.25) is 9.59 Å². The van der Waals surface area contributed by atoms with E-state index < -0.39 is 0 Å². The molecular formula is C23H35ClN2O3. The average Bonchev–Trinajstić information content (AvgIpc) is 3.29. The van der Waals surface area contributed by atoms with Crippen LogP contribution in [0.1, 0.15) is 71.6 Å². The summed E-state index contributed by atoms with van der Waals surface area (Å²) in [5.74, 6) is 2.38. The first-order valence-corrected chi connectivity index (χ1v) is 11.4. The SMILES string of the molecule is C[C@]12CCC(=NO[C@H]3CCNC3)CC1C(=O)C[C@@H]1[C@H]2CC[C@]2(C)C(=O)CC[C@@H]12.Cl. The molecule has 6 heteroatoms. The number of halogens is 1. The lowest BCUT2D eigenvalue weighted by atomic mass is 9.45. The molecule has 0 spiro atoms. The summed E-state index contributed by atoms with van der Waals surface area (Å²) in [5, 5.41) is 7.78. The Labute approximate surface area is 180 Å². The van der Waals surface area contributed by atoms with E-state index >= 15 is 0 Å². The van der Waals surface area contributed by atoms with E-state index in [0.29, 0.717) is 35.7 Å². The Morgan fingerprint density at radius 3 is 2.62 bits per heavy atom. The molecule has 0 amide bonds. The molecule has 0 aromatic carbocycles. The zero-order valence-corrected chi connectivity index (χ0v) is 18.6. The summed E-state index contributed by atoms with van der Waals surface area (Å²) in [5.41, 5.74) is 0.994. The molecule has 5 nitrogen and oxygen atoms in total. The van der Waals surface area contributed by atoms with Gasteiger partial charge in [0.1, 0.15) is 17.7 Å². The maximum Gasteiger partial charge on any atom is 0.141 e. The van der Waals surface area contributed by atoms with Crippen molar-refractivity contribution < 1.29 is 14.4 Å². The number of rotatable bonds is 2. The predicted molar refractivity (Wildman–Crippen MR) is 114 cm³/mol. The number of Topliss-reactive ketones (excluding diaryl/α,β-unsaturated/α-hetero) is 2. The fraction of sp³-hybridized carbons (Fsp3) is 0.870. The molecule has 5 aliphatic rings. The highest BCUT2D eigenvalue weighted by Crippen LogP contribution is 2.64. The second-order valence-corrected chi connectivity index (χ2v) is 10.6. The number of hydrogen-bond donors (Lipinski definition) is 1. The fourth-order valence-electron chi connectivity index (χ4n) is 7.57. The molecule has 7 atom stereocenters. The van der Waals surface area contributed by atoms with Crippen molar-refractivity contribution in [2.24, 2.45) is 39.7 Å². The summed E-state index contributed by atoms with van der Waals surface area (Å²) >= 11 is 0. The quantitative estimate of drug-likeness (QED) is 0.684. The number of oxime groups is 1. The first-order valence-electron chi connectivity index (χ1n) is 11.4. The molecule has 4 saturated carbocycles. The number of nitrogens with zero attached hydrogens (tertiary/aromatic N) is 1. The molecule has 5 rings (SSSR count). The lowest BCUT2D eigenvalue weighted by molar-refractivity contribution is -0.152. The van der Waals surface area contributed by atoms with E-state index in [1.165, 1.54) is 0 Å². The van der Waals surface area contributed by atoms with Crippen LogP contribution in [0.5, 0.6) is 0 Å². The number of carbonyl (C=O) groups excluding carboxylic acids is 2. The number of carbonyl (C=O) groups is 2. The van der Waals surface area contributed by atoms with E-state index in [1.807, 2.05) is 0 Å². The standard InChI is InChI=1S/C23H34N2O3.ClH/c1-22-8-5-14(25-28-15-7-10-24-13-15)11-19(22)20(26)12-16-17-3-4-21(27)23(17,2)9-6-18(16)22;/h15-19,24H,3-13H2,1-2H3;1H/t15-,16-,17-,18+,19?,22+,23-;/m0./s1. The molecule has 1 N–H and O–H groups in total. The van der Waals surface area contributed by atoms with Crippen molar-refractivity contribution in [1.29, 1.82) is 0 Å². The zero-order chi connectivity index (χ0) is 19.5. The first kappa shape index (κ1) is 21.3. The van der Waals surface area contributed by atoms with Gasteiger partial charge in [-0.1, -0.05) is 19.0 Å². The molecule has 1 unspecified atom stereocenters. The van der Waals surface area contributed by atoms with Crippen LogP contribution >= 0.6 is 12.4 Å². The van der Waals surface area contributed by atoms with Crippen molar-refractivity contribution in [3.05, 3.63) is 0 Å². The Hall–Kier alpha value is -0.940. The van der Waals surface area contributed by atoms with Crippen LogP contribution in [0, 0.1) is 34.5 Å². The Balaban J connectivity index is 0.00000205. The van der Waals surface area contributed by atoms with E-state index in [-0.39, 0.29) is 35.3 Å². The highest BCUT2D eigenvalue weighted by molar-refractivity contribution is 5.93. The number of nitrogens with one attached hydrogen (secondary N) is 1. The Morgan fingerprint density at radius 1 is 1.03 bits per heavy atom. The molecule has 0 aromatic heterocycles. The van der Waals surface area contributed by atoms with E-state index in [0.717, 1.165) is 70.2 Å². The molecule has 1 aliphatic heterocycles. The summed E-state index contributed by atoms with van der Waals surface area (Å²) in [4.78, 5) is 31.6. The highest BCUT2D eigenvalue weighted by Gasteiger charge is 2.62. The summed E-state index contributed by atoms with van der Waals surface area (Å²) in [6.45, 7) is 6.42. The zero-order valence-electron chi connectivity index (χ0n) is 17.7. The van der Waals surface area contributed by atoms with Gasteiger partial charge >= 0.3 is 0 Å². The Kier molecular flexibility index (Phi) is 5.61. The Bertz CT molecular complexity index is 719. The molecule has 162 valence electrons. The molecule has 1 saturated heterocycles. The number of fused-ring (bicyclic) bond motifs is 5. The normalized spacial score (nSPS) is 47.9. The second-order valence-electron chi connectivity index (χ2n) is 10.6. The monoisotopic (exact) mass is 422 g/mol. The van der Waals surface area contributed by atoms with E-state index in [9.17, 15) is 9.59 Å². The molecule has 4 aliphatic carbocycles. The predicted octanol–water partition coefficient (Wildman–Crippen LogP) is 3.93. The van der Waals surface area contributed by atoms with Gasteiger partial charge in [0, 0.05) is 37.1 Å². The molecule has 1 heterocycles. The lowest BCUT2D eigenvalue weighted by Crippen LogP contribution is -2.56. The third-order valence-electron chi connectivity index (χ3n) is 9.35. The van der Waals surface area contributed by atoms with Crippen molar-refractivity contribution >= 4 is 29.7 Å². The van der Waals surface area contributed by atoms with E-state index in [2.05, 4.69) is 24.3 Å². The van der Waals surface area contributed by atoms with Crippen LogP contribution < -0.4 is 5.32 Å². The van der Waals surface area contributed by atoms with Crippen molar-refractivity contribution in [3.8, 4) is 0 Å². The van der Waals surface area contributed by atoms with Crippen LogP contribution in [0.25, 0.3) is 0 Å². The highest BCUT2D eigenvalue weighted by atomic mass is 35.5. The molecule has 0 radical (unpaired) electrons. The third kappa shape index (κ3) is 3.27. The topological polar surface area (TPSA) is 67.8 Å². The first-order chi connectivity index (χ1) is 13.4. The molecular weight excluding hydrogens is 388 g/mol. The van der Waals surface area contributed by atoms with Gasteiger partial charge < -0.3 is 10.2 Å². The molecule has 5 fully saturated rings. The van der Waals surface area contributed by atoms with Crippen LogP contribution in [-0.2, 0) is 14.4 Å². The van der Waals surface area contributed by atoms with Gasteiger partial charge in [0.15, 0.2) is 0 Å². The van der Waals surface area contributed by atoms with Crippen molar-refractivity contribution in [3.63, 3.8) is 0 Å². The lowest BCUT2D eigenvalue weighted by Gasteiger charge is -2.58. The van der Waals surface area contributed by atoms with Crippen molar-refractivity contribution in [2.45, 2.75) is 77.7 Å². The molecule has 29 heavy (non-hydrogen) atoms. The van der Waals surface area contributed by atoms with Gasteiger partial charge in [-0.25, -0.2) is 0 Å². The van der Waals surface area contributed by atoms with Crippen LogP contribution in [-0.4, -0.2) is 36.5 Å². The van der Waals surface area contributed by atoms with E-state index in [4.69, 9.17) is 4.84 Å². The fourth-order valence-corrected chi connectivity index (χ4v) is 7.57. The maximum atomic E-state index is 13.3. The van der Waals surface area contributed by atoms with Gasteiger partial charge in [0.05, 0.1) is 5.71 Å². The number of ketones is 2. The van der Waals surface area contributed by atoms with Gasteiger partial charge in [-0.15, -0.1) is 12.4 Å². The minimum absolute atomic E-state index is 0. The smallest absolute Gasteiger partial charge is 0.141 e. The Morgan fingerprint density at radius 2 is 1.86 bits per heavy atom. The minimum atomic E-state index is -0.158. The largest absolute Gasteiger partial charge is 0.391 e. The van der Waals surface area contributed by atoms with Crippen LogP contribution in [0.4, 0.5) is 0 Å². The molecule has 0 aromatic rings. The third-order valence-corrected chi connectivity index (χ3v) is 9.35. The minimum Gasteiger partial charge on any atom is -0.391 e. The second kappa shape index (κ2) is 7.64. The maximum absolute atomic E-state index is 13.3. The van der Waals surface area contributed by atoms with Crippen molar-refractivity contribution in [1.82, 2.24) is 5.32 Å². The van der Waals surface area contributed by atoms with E-state index in [1.54, 1.807) is 0 Å². The van der Waals surface area contributed by atoms with Crippen LogP contribution in [0.2, 0.25) is 0 Å². The molecule has 0 bridgehead atoms. The summed E-state index contributed by atoms with van der Waals surface area (Å²) in [6.07, 6.45) is 8.50.